The van der Waals surface area contributed by atoms with Gasteiger partial charge in [0.05, 0.1) is 16.1 Å². The molecule has 0 fully saturated rings. The van der Waals surface area contributed by atoms with Crippen LogP contribution in [0.25, 0.3) is 0 Å². The van der Waals surface area contributed by atoms with Crippen molar-refractivity contribution in [3.05, 3.63) is 92.5 Å². The minimum absolute atomic E-state index is 0.0528. The maximum absolute atomic E-state index is 13.0. The summed E-state index contributed by atoms with van der Waals surface area (Å²) < 4.78 is 0. The fourth-order valence-electron chi connectivity index (χ4n) is 3.65. The first-order chi connectivity index (χ1) is 13.8. The van der Waals surface area contributed by atoms with E-state index in [2.05, 4.69) is 0 Å². The lowest BCUT2D eigenvalue weighted by Crippen LogP contribution is -2.22. The molecule has 1 aliphatic carbocycles. The molecule has 0 saturated carbocycles. The second kappa shape index (κ2) is 6.87. The summed E-state index contributed by atoms with van der Waals surface area (Å²) in [6, 6.07) is 12.3. The number of phenolic OH excluding ortho intramolecular Hbond substituents is 2. The second-order valence-corrected chi connectivity index (χ2v) is 7.29. The average molecular weight is 407 g/mol. The number of benzene rings is 3. The molecule has 3 aromatic rings. The summed E-state index contributed by atoms with van der Waals surface area (Å²) in [7, 11) is 0. The number of ketones is 3. The number of aromatic hydroxyl groups is 2. The van der Waals surface area contributed by atoms with E-state index in [-0.39, 0.29) is 50.8 Å². The van der Waals surface area contributed by atoms with Crippen molar-refractivity contribution in [2.45, 2.75) is 13.3 Å². The average Bonchev–Trinajstić information content (AvgIpc) is 2.69. The number of hydrogen-bond donors (Lipinski definition) is 2. The van der Waals surface area contributed by atoms with Crippen LogP contribution in [0.4, 0.5) is 0 Å². The Kier molecular flexibility index (Phi) is 4.47. The number of aryl methyl sites for hydroxylation is 1. The van der Waals surface area contributed by atoms with Gasteiger partial charge in [0.1, 0.15) is 11.5 Å². The predicted molar refractivity (Wildman–Crippen MR) is 107 cm³/mol. The third-order valence-corrected chi connectivity index (χ3v) is 5.46. The SMILES string of the molecule is Cc1cc2c(c(O)c1CC(=O)c1ccccc1Cl)C(=O)c1c(O)cccc1C2=O. The van der Waals surface area contributed by atoms with Crippen molar-refractivity contribution in [1.29, 1.82) is 0 Å². The van der Waals surface area contributed by atoms with Gasteiger partial charge in [-0.15, -0.1) is 0 Å². The van der Waals surface area contributed by atoms with Crippen LogP contribution in [0.3, 0.4) is 0 Å². The van der Waals surface area contributed by atoms with Gasteiger partial charge in [0, 0.05) is 28.7 Å². The number of phenols is 2. The zero-order valence-electron chi connectivity index (χ0n) is 15.3. The molecule has 0 atom stereocenters. The summed E-state index contributed by atoms with van der Waals surface area (Å²) in [6.07, 6.45) is -0.191. The molecule has 144 valence electrons. The molecule has 0 aliphatic heterocycles. The van der Waals surface area contributed by atoms with E-state index in [0.717, 1.165) is 0 Å². The zero-order valence-corrected chi connectivity index (χ0v) is 16.1. The van der Waals surface area contributed by atoms with Crippen molar-refractivity contribution in [3.63, 3.8) is 0 Å². The Balaban J connectivity index is 1.84. The van der Waals surface area contributed by atoms with E-state index >= 15 is 0 Å². The number of fused-ring (bicyclic) bond motifs is 2. The van der Waals surface area contributed by atoms with Crippen LogP contribution in [-0.4, -0.2) is 27.6 Å². The van der Waals surface area contributed by atoms with E-state index in [4.69, 9.17) is 11.6 Å². The summed E-state index contributed by atoms with van der Waals surface area (Å²) in [6.45, 7) is 1.66. The van der Waals surface area contributed by atoms with Gasteiger partial charge in [-0.25, -0.2) is 0 Å². The van der Waals surface area contributed by atoms with E-state index in [0.29, 0.717) is 11.1 Å². The molecule has 5 nitrogen and oxygen atoms in total. The van der Waals surface area contributed by atoms with Crippen molar-refractivity contribution in [2.24, 2.45) is 0 Å². The molecule has 0 heterocycles. The normalized spacial score (nSPS) is 12.5. The highest BCUT2D eigenvalue weighted by Crippen LogP contribution is 2.39. The number of carbonyl (C=O) groups is 3. The summed E-state index contributed by atoms with van der Waals surface area (Å²) in [5.74, 6) is -2.20. The molecule has 0 amide bonds. The Morgan fingerprint density at radius 3 is 2.38 bits per heavy atom. The molecule has 0 aromatic heterocycles. The minimum Gasteiger partial charge on any atom is -0.507 e. The van der Waals surface area contributed by atoms with Crippen LogP contribution in [0.2, 0.25) is 5.02 Å². The van der Waals surface area contributed by atoms with Gasteiger partial charge >= 0.3 is 0 Å². The van der Waals surface area contributed by atoms with Gasteiger partial charge in [0.2, 0.25) is 5.78 Å². The van der Waals surface area contributed by atoms with Gasteiger partial charge in [-0.1, -0.05) is 35.9 Å². The van der Waals surface area contributed by atoms with Crippen LogP contribution >= 0.6 is 11.6 Å². The summed E-state index contributed by atoms with van der Waals surface area (Å²) >= 11 is 6.09. The largest absolute Gasteiger partial charge is 0.507 e. The van der Waals surface area contributed by atoms with Crippen LogP contribution in [0, 0.1) is 6.92 Å². The monoisotopic (exact) mass is 406 g/mol. The van der Waals surface area contributed by atoms with Crippen molar-refractivity contribution in [1.82, 2.24) is 0 Å². The van der Waals surface area contributed by atoms with Crippen LogP contribution in [0.1, 0.15) is 53.3 Å². The standard InChI is InChI=1S/C23H15ClO5/c1-11-9-15-20(23(29)19-13(21(15)27)6-4-8-17(19)25)22(28)14(11)10-18(26)12-5-2-3-7-16(12)24/h2-9,25,28H,10H2,1H3. The molecule has 2 N–H and O–H groups in total. The number of Topliss-reactive ketones (excluding diaryl/α,β-unsaturated/α-hetero) is 1. The van der Waals surface area contributed by atoms with Gasteiger partial charge < -0.3 is 10.2 Å². The van der Waals surface area contributed by atoms with Gasteiger partial charge in [-0.3, -0.25) is 14.4 Å². The third-order valence-electron chi connectivity index (χ3n) is 5.13. The quantitative estimate of drug-likeness (QED) is 0.496. The van der Waals surface area contributed by atoms with Crippen molar-refractivity contribution >= 4 is 29.0 Å². The lowest BCUT2D eigenvalue weighted by atomic mass is 9.80. The maximum Gasteiger partial charge on any atom is 0.201 e. The first-order valence-electron chi connectivity index (χ1n) is 8.85. The molecule has 6 heteroatoms. The molecule has 29 heavy (non-hydrogen) atoms. The van der Waals surface area contributed by atoms with Crippen LogP contribution in [0.5, 0.6) is 11.5 Å². The third kappa shape index (κ3) is 2.91. The fourth-order valence-corrected chi connectivity index (χ4v) is 3.90. The maximum atomic E-state index is 13.0. The van der Waals surface area contributed by atoms with Crippen LogP contribution < -0.4 is 0 Å². The van der Waals surface area contributed by atoms with E-state index in [9.17, 15) is 24.6 Å². The van der Waals surface area contributed by atoms with Crippen molar-refractivity contribution < 1.29 is 24.6 Å². The smallest absolute Gasteiger partial charge is 0.201 e. The van der Waals surface area contributed by atoms with Crippen molar-refractivity contribution in [2.75, 3.05) is 0 Å². The molecule has 0 unspecified atom stereocenters. The van der Waals surface area contributed by atoms with Gasteiger partial charge in [-0.2, -0.15) is 0 Å². The van der Waals surface area contributed by atoms with Crippen LogP contribution in [-0.2, 0) is 6.42 Å². The van der Waals surface area contributed by atoms with Gasteiger partial charge in [0.25, 0.3) is 0 Å². The van der Waals surface area contributed by atoms with E-state index in [1.165, 1.54) is 24.3 Å². The first-order valence-corrected chi connectivity index (χ1v) is 9.23. The minimum atomic E-state index is -0.656. The van der Waals surface area contributed by atoms with E-state index < -0.39 is 17.3 Å². The molecule has 0 bridgehead atoms. The van der Waals surface area contributed by atoms with Crippen molar-refractivity contribution in [3.8, 4) is 11.5 Å². The zero-order chi connectivity index (χ0) is 20.9. The molecule has 3 aromatic carbocycles. The van der Waals surface area contributed by atoms with E-state index in [1.54, 1.807) is 31.2 Å². The number of halogens is 1. The highest BCUT2D eigenvalue weighted by Gasteiger charge is 2.35. The molecule has 0 radical (unpaired) electrons. The lowest BCUT2D eigenvalue weighted by Gasteiger charge is -2.22. The highest BCUT2D eigenvalue weighted by molar-refractivity contribution is 6.34. The van der Waals surface area contributed by atoms with Crippen LogP contribution in [0.15, 0.2) is 48.5 Å². The fraction of sp³-hybridized carbons (Fsp3) is 0.0870. The number of rotatable bonds is 3. The Morgan fingerprint density at radius 1 is 0.931 bits per heavy atom. The molecule has 4 rings (SSSR count). The molecule has 1 aliphatic rings. The summed E-state index contributed by atoms with van der Waals surface area (Å²) in [4.78, 5) is 38.6. The molecule has 0 spiro atoms. The number of carbonyl (C=O) groups excluding carboxylic acids is 3. The van der Waals surface area contributed by atoms with Gasteiger partial charge in [0.15, 0.2) is 11.6 Å². The van der Waals surface area contributed by atoms with Gasteiger partial charge in [-0.05, 0) is 36.8 Å². The first kappa shape index (κ1) is 18.9. The predicted octanol–water partition coefficient (Wildman–Crippen LogP) is 4.26. The molecule has 0 saturated heterocycles. The Morgan fingerprint density at radius 2 is 1.66 bits per heavy atom. The highest BCUT2D eigenvalue weighted by atomic mass is 35.5. The topological polar surface area (TPSA) is 91.7 Å². The van der Waals surface area contributed by atoms with E-state index in [1.807, 2.05) is 0 Å². The molecular weight excluding hydrogens is 392 g/mol. The Hall–Kier alpha value is -3.44. The second-order valence-electron chi connectivity index (χ2n) is 6.88. The Labute approximate surface area is 171 Å². The number of hydrogen-bond acceptors (Lipinski definition) is 5. The summed E-state index contributed by atoms with van der Waals surface area (Å²) in [5.41, 5.74) is 0.846. The summed E-state index contributed by atoms with van der Waals surface area (Å²) in [5, 5.41) is 21.2. The Bertz CT molecular complexity index is 1230. The lowest BCUT2D eigenvalue weighted by molar-refractivity contribution is 0.0972. The molecular formula is C23H15ClO5.